The molecule has 0 fully saturated rings. The van der Waals surface area contributed by atoms with Crippen LogP contribution in [0.1, 0.15) is 25.5 Å². The first-order chi connectivity index (χ1) is 10.2. The van der Waals surface area contributed by atoms with Gasteiger partial charge in [-0.1, -0.05) is 31.5 Å². The summed E-state index contributed by atoms with van der Waals surface area (Å²) < 4.78 is 1.31. The van der Waals surface area contributed by atoms with E-state index in [4.69, 9.17) is 0 Å². The van der Waals surface area contributed by atoms with Crippen molar-refractivity contribution in [3.8, 4) is 0 Å². The van der Waals surface area contributed by atoms with E-state index in [1.54, 1.807) is 12.1 Å². The minimum atomic E-state index is -0.244. The van der Waals surface area contributed by atoms with E-state index in [0.717, 1.165) is 25.0 Å². The van der Waals surface area contributed by atoms with Crippen LogP contribution in [0.5, 0.6) is 0 Å². The van der Waals surface area contributed by atoms with Crippen molar-refractivity contribution in [3.05, 3.63) is 58.8 Å². The summed E-state index contributed by atoms with van der Waals surface area (Å²) >= 11 is 0. The highest BCUT2D eigenvalue weighted by molar-refractivity contribution is 5.90. The summed E-state index contributed by atoms with van der Waals surface area (Å²) in [6.07, 6.45) is 4.30. The van der Waals surface area contributed by atoms with Crippen LogP contribution in [-0.2, 0) is 17.8 Å². The van der Waals surface area contributed by atoms with Gasteiger partial charge in [-0.05, 0) is 25.0 Å². The standard InChI is InChI=1S/C16H19N3O2/c1-2-3-7-14-10-16(21)19(12-17-14)11-15(20)18-13-8-5-4-6-9-13/h4-6,8-10,12H,2-3,7,11H2,1H3,(H,18,20). The van der Waals surface area contributed by atoms with Gasteiger partial charge >= 0.3 is 0 Å². The van der Waals surface area contributed by atoms with Crippen molar-refractivity contribution in [1.29, 1.82) is 0 Å². The molecule has 2 aromatic rings. The van der Waals surface area contributed by atoms with Gasteiger partial charge < -0.3 is 5.32 Å². The largest absolute Gasteiger partial charge is 0.325 e. The molecule has 5 nitrogen and oxygen atoms in total. The molecule has 0 spiro atoms. The molecule has 0 radical (unpaired) electrons. The van der Waals surface area contributed by atoms with Gasteiger partial charge in [0.1, 0.15) is 6.54 Å². The summed E-state index contributed by atoms with van der Waals surface area (Å²) in [7, 11) is 0. The number of anilines is 1. The van der Waals surface area contributed by atoms with Gasteiger partial charge in [0.2, 0.25) is 5.91 Å². The fraction of sp³-hybridized carbons (Fsp3) is 0.312. The highest BCUT2D eigenvalue weighted by Gasteiger charge is 2.06. The summed E-state index contributed by atoms with van der Waals surface area (Å²) in [6.45, 7) is 2.06. The molecule has 1 amide bonds. The summed E-state index contributed by atoms with van der Waals surface area (Å²) in [4.78, 5) is 28.0. The first-order valence-electron chi connectivity index (χ1n) is 7.09. The Morgan fingerprint density at radius 3 is 2.71 bits per heavy atom. The number of nitrogens with zero attached hydrogens (tertiary/aromatic N) is 2. The minimum absolute atomic E-state index is 0.0330. The molecule has 0 aliphatic rings. The normalized spacial score (nSPS) is 10.3. The van der Waals surface area contributed by atoms with E-state index in [1.165, 1.54) is 17.0 Å². The van der Waals surface area contributed by atoms with Gasteiger partial charge in [-0.2, -0.15) is 0 Å². The maximum Gasteiger partial charge on any atom is 0.253 e. The number of hydrogen-bond acceptors (Lipinski definition) is 3. The number of carbonyl (C=O) groups is 1. The first-order valence-corrected chi connectivity index (χ1v) is 7.09. The van der Waals surface area contributed by atoms with E-state index in [2.05, 4.69) is 17.2 Å². The first kappa shape index (κ1) is 15.0. The van der Waals surface area contributed by atoms with E-state index in [0.29, 0.717) is 5.69 Å². The lowest BCUT2D eigenvalue weighted by atomic mass is 10.2. The molecular formula is C16H19N3O2. The Balaban J connectivity index is 1.99. The van der Waals surface area contributed by atoms with Crippen LogP contribution >= 0.6 is 0 Å². The van der Waals surface area contributed by atoms with E-state index in [9.17, 15) is 9.59 Å². The van der Waals surface area contributed by atoms with Crippen molar-refractivity contribution < 1.29 is 4.79 Å². The number of aromatic nitrogens is 2. The third kappa shape index (κ3) is 4.56. The Hall–Kier alpha value is -2.43. The van der Waals surface area contributed by atoms with Crippen LogP contribution in [0.2, 0.25) is 0 Å². The van der Waals surface area contributed by atoms with Crippen LogP contribution in [0.3, 0.4) is 0 Å². The Morgan fingerprint density at radius 2 is 2.05 bits per heavy atom. The van der Waals surface area contributed by atoms with Gasteiger partial charge in [0.15, 0.2) is 0 Å². The molecule has 1 aromatic heterocycles. The van der Waals surface area contributed by atoms with Crippen molar-refractivity contribution in [2.24, 2.45) is 0 Å². The molecule has 0 bridgehead atoms. The highest BCUT2D eigenvalue weighted by atomic mass is 16.2. The number of hydrogen-bond donors (Lipinski definition) is 1. The molecule has 0 atom stereocenters. The molecule has 1 aromatic carbocycles. The molecule has 5 heteroatoms. The molecule has 110 valence electrons. The Bertz CT molecular complexity index is 650. The fourth-order valence-electron chi connectivity index (χ4n) is 1.95. The molecule has 0 aliphatic heterocycles. The molecule has 0 saturated heterocycles. The second-order valence-corrected chi connectivity index (χ2v) is 4.86. The van der Waals surface area contributed by atoms with Crippen LogP contribution in [0.4, 0.5) is 5.69 Å². The number of unbranched alkanes of at least 4 members (excludes halogenated alkanes) is 1. The van der Waals surface area contributed by atoms with Gasteiger partial charge in [-0.3, -0.25) is 14.2 Å². The van der Waals surface area contributed by atoms with Crippen molar-refractivity contribution >= 4 is 11.6 Å². The average Bonchev–Trinajstić information content (AvgIpc) is 2.48. The quantitative estimate of drug-likeness (QED) is 0.885. The van der Waals surface area contributed by atoms with Gasteiger partial charge in [-0.25, -0.2) is 4.98 Å². The summed E-state index contributed by atoms with van der Waals surface area (Å²) in [6, 6.07) is 10.7. The Labute approximate surface area is 123 Å². The minimum Gasteiger partial charge on any atom is -0.325 e. The van der Waals surface area contributed by atoms with E-state index < -0.39 is 0 Å². The zero-order chi connectivity index (χ0) is 15.1. The van der Waals surface area contributed by atoms with Crippen LogP contribution in [-0.4, -0.2) is 15.5 Å². The number of rotatable bonds is 6. The molecule has 0 saturated carbocycles. The predicted octanol–water partition coefficient (Wildman–Crippen LogP) is 2.22. The zero-order valence-corrected chi connectivity index (χ0v) is 12.1. The molecule has 0 unspecified atom stereocenters. The highest BCUT2D eigenvalue weighted by Crippen LogP contribution is 2.04. The number of amides is 1. The van der Waals surface area contributed by atoms with Crippen molar-refractivity contribution in [2.45, 2.75) is 32.7 Å². The van der Waals surface area contributed by atoms with Crippen LogP contribution in [0, 0.1) is 0 Å². The lowest BCUT2D eigenvalue weighted by Gasteiger charge is -2.07. The van der Waals surface area contributed by atoms with Crippen LogP contribution in [0.15, 0.2) is 47.5 Å². The number of nitrogens with one attached hydrogen (secondary N) is 1. The Morgan fingerprint density at radius 1 is 1.29 bits per heavy atom. The third-order valence-electron chi connectivity index (χ3n) is 3.09. The smallest absolute Gasteiger partial charge is 0.253 e. The molecular weight excluding hydrogens is 266 g/mol. The summed E-state index contributed by atoms with van der Waals surface area (Å²) in [5, 5.41) is 2.74. The molecule has 21 heavy (non-hydrogen) atoms. The topological polar surface area (TPSA) is 64.0 Å². The van der Waals surface area contributed by atoms with Gasteiger partial charge in [-0.15, -0.1) is 0 Å². The van der Waals surface area contributed by atoms with Crippen molar-refractivity contribution in [2.75, 3.05) is 5.32 Å². The number of carbonyl (C=O) groups excluding carboxylic acids is 1. The SMILES string of the molecule is CCCCc1cc(=O)n(CC(=O)Nc2ccccc2)cn1. The number of aryl methyl sites for hydroxylation is 1. The van der Waals surface area contributed by atoms with E-state index >= 15 is 0 Å². The number of para-hydroxylation sites is 1. The second-order valence-electron chi connectivity index (χ2n) is 4.86. The summed E-state index contributed by atoms with van der Waals surface area (Å²) in [5.74, 6) is -0.244. The lowest BCUT2D eigenvalue weighted by Crippen LogP contribution is -2.27. The second kappa shape index (κ2) is 7.38. The maximum atomic E-state index is 11.9. The zero-order valence-electron chi connectivity index (χ0n) is 12.1. The summed E-state index contributed by atoms with van der Waals surface area (Å²) in [5.41, 5.74) is 1.30. The monoisotopic (exact) mass is 285 g/mol. The van der Waals surface area contributed by atoms with Gasteiger partial charge in [0.05, 0.1) is 6.33 Å². The lowest BCUT2D eigenvalue weighted by molar-refractivity contribution is -0.116. The molecule has 1 heterocycles. The van der Waals surface area contributed by atoms with Crippen LogP contribution < -0.4 is 10.9 Å². The predicted molar refractivity (Wildman–Crippen MR) is 82.2 cm³/mol. The average molecular weight is 285 g/mol. The van der Waals surface area contributed by atoms with Crippen LogP contribution in [0.25, 0.3) is 0 Å². The van der Waals surface area contributed by atoms with Gasteiger partial charge in [0.25, 0.3) is 5.56 Å². The fourth-order valence-corrected chi connectivity index (χ4v) is 1.95. The van der Waals surface area contributed by atoms with Crippen molar-refractivity contribution in [1.82, 2.24) is 9.55 Å². The molecule has 0 aliphatic carbocycles. The van der Waals surface area contributed by atoms with E-state index in [1.807, 2.05) is 18.2 Å². The molecule has 1 N–H and O–H groups in total. The number of benzene rings is 1. The maximum absolute atomic E-state index is 11.9. The van der Waals surface area contributed by atoms with Gasteiger partial charge in [0, 0.05) is 17.4 Å². The third-order valence-corrected chi connectivity index (χ3v) is 3.09. The van der Waals surface area contributed by atoms with E-state index in [-0.39, 0.29) is 18.0 Å². The van der Waals surface area contributed by atoms with Crippen molar-refractivity contribution in [3.63, 3.8) is 0 Å². The molecule has 2 rings (SSSR count). The Kier molecular flexibility index (Phi) is 5.26.